The lowest BCUT2D eigenvalue weighted by atomic mass is 10.1. The molecule has 0 radical (unpaired) electrons. The number of nitrogens with zero attached hydrogens (tertiary/aromatic N) is 2. The highest BCUT2D eigenvalue weighted by atomic mass is 32.1. The van der Waals surface area contributed by atoms with Gasteiger partial charge in [-0.3, -0.25) is 0 Å². The van der Waals surface area contributed by atoms with Gasteiger partial charge < -0.3 is 9.13 Å². The van der Waals surface area contributed by atoms with Gasteiger partial charge in [0.25, 0.3) is 0 Å². The van der Waals surface area contributed by atoms with Gasteiger partial charge in [-0.05, 0) is 81.4 Å². The topological polar surface area (TPSA) is 9.86 Å². The molecule has 0 aliphatic carbocycles. The summed E-state index contributed by atoms with van der Waals surface area (Å²) in [6.45, 7) is 0. The molecule has 12 aromatic rings. The minimum Gasteiger partial charge on any atom is -0.309 e. The van der Waals surface area contributed by atoms with Crippen molar-refractivity contribution in [2.24, 2.45) is 0 Å². The van der Waals surface area contributed by atoms with Crippen LogP contribution in [0, 0.1) is 0 Å². The van der Waals surface area contributed by atoms with Gasteiger partial charge in [-0.15, -0.1) is 11.3 Å². The predicted octanol–water partition coefficient (Wildman–Crippen LogP) is 11.6. The largest absolute Gasteiger partial charge is 0.309 e. The smallest absolute Gasteiger partial charge is 0.180 e. The first kappa shape index (κ1) is 33.2. The third-order valence-electron chi connectivity index (χ3n) is 12.3. The van der Waals surface area contributed by atoms with E-state index in [0.717, 1.165) is 5.69 Å². The van der Waals surface area contributed by atoms with Crippen LogP contribution in [0.4, 0.5) is 0 Å². The average molecular weight is 773 g/mol. The zero-order valence-corrected chi connectivity index (χ0v) is 33.4. The summed E-state index contributed by atoms with van der Waals surface area (Å²) in [6, 6.07) is 81.6. The van der Waals surface area contributed by atoms with Gasteiger partial charge in [0.05, 0.1) is 22.1 Å². The second-order valence-electron chi connectivity index (χ2n) is 15.2. The number of aromatic nitrogens is 2. The molecule has 272 valence electrons. The Morgan fingerprint density at radius 2 is 0.862 bits per heavy atom. The molecule has 12 rings (SSSR count). The zero-order valence-electron chi connectivity index (χ0n) is 31.6. The van der Waals surface area contributed by atoms with Gasteiger partial charge in [0, 0.05) is 53.1 Å². The van der Waals surface area contributed by atoms with Crippen LogP contribution in [0.3, 0.4) is 0 Å². The lowest BCUT2D eigenvalue weighted by Crippen LogP contribution is -2.74. The molecular formula is C54H36N2SSi. The molecule has 0 aliphatic heterocycles. The van der Waals surface area contributed by atoms with Crippen LogP contribution in [-0.2, 0) is 0 Å². The van der Waals surface area contributed by atoms with Gasteiger partial charge in [-0.1, -0.05) is 158 Å². The zero-order chi connectivity index (χ0) is 38.2. The maximum atomic E-state index is 2.54. The first-order valence-corrected chi connectivity index (χ1v) is 22.8. The van der Waals surface area contributed by atoms with E-state index >= 15 is 0 Å². The van der Waals surface area contributed by atoms with Crippen LogP contribution in [0.25, 0.3) is 75.2 Å². The Bertz CT molecular complexity index is 3470. The molecule has 0 aliphatic rings. The van der Waals surface area contributed by atoms with E-state index in [9.17, 15) is 0 Å². The minimum atomic E-state index is -2.97. The lowest BCUT2D eigenvalue weighted by molar-refractivity contribution is 1.17. The van der Waals surface area contributed by atoms with Crippen molar-refractivity contribution in [3.63, 3.8) is 0 Å². The van der Waals surface area contributed by atoms with Crippen molar-refractivity contribution < 1.29 is 0 Å². The van der Waals surface area contributed by atoms with Crippen molar-refractivity contribution in [1.82, 2.24) is 9.13 Å². The summed E-state index contributed by atoms with van der Waals surface area (Å²) in [4.78, 5) is 0. The Morgan fingerprint density at radius 1 is 0.310 bits per heavy atom. The van der Waals surface area contributed by atoms with E-state index in [1.807, 2.05) is 11.3 Å². The highest BCUT2D eigenvalue weighted by Crippen LogP contribution is 2.38. The maximum Gasteiger partial charge on any atom is 0.180 e. The van der Waals surface area contributed by atoms with Gasteiger partial charge in [0.2, 0.25) is 0 Å². The van der Waals surface area contributed by atoms with Crippen LogP contribution < -0.4 is 20.7 Å². The van der Waals surface area contributed by atoms with Crippen LogP contribution in [0.5, 0.6) is 0 Å². The number of rotatable bonds is 6. The van der Waals surface area contributed by atoms with Crippen LogP contribution >= 0.6 is 11.3 Å². The Labute approximate surface area is 341 Å². The Morgan fingerprint density at radius 3 is 1.60 bits per heavy atom. The van der Waals surface area contributed by atoms with Gasteiger partial charge in [0.1, 0.15) is 0 Å². The van der Waals surface area contributed by atoms with E-state index in [2.05, 4.69) is 228 Å². The minimum absolute atomic E-state index is 1.16. The normalized spacial score (nSPS) is 12.1. The van der Waals surface area contributed by atoms with Gasteiger partial charge >= 0.3 is 0 Å². The second-order valence-corrected chi connectivity index (χ2v) is 20.1. The SMILES string of the molecule is c1ccc(-n2c3ccccc3c3cc(-n4c5ccccc5c5c([Si](c6ccccc6)(c6ccccc6)c6ccc7sc8ccccc8c7c6)cccc54)ccc32)cc1. The Kier molecular flexibility index (Phi) is 7.46. The Hall–Kier alpha value is -6.98. The van der Waals surface area contributed by atoms with Crippen molar-refractivity contribution in [2.45, 2.75) is 0 Å². The highest BCUT2D eigenvalue weighted by Gasteiger charge is 2.43. The second kappa shape index (κ2) is 13.0. The van der Waals surface area contributed by atoms with E-state index in [1.165, 1.54) is 90.2 Å². The average Bonchev–Trinajstić information content (AvgIpc) is 3.95. The van der Waals surface area contributed by atoms with Crippen LogP contribution in [0.15, 0.2) is 218 Å². The fraction of sp³-hybridized carbons (Fsp3) is 0. The molecule has 0 spiro atoms. The number of benzene rings is 9. The van der Waals surface area contributed by atoms with Crippen molar-refractivity contribution in [3.05, 3.63) is 218 Å². The first-order valence-electron chi connectivity index (χ1n) is 19.9. The first-order chi connectivity index (χ1) is 28.8. The molecule has 0 amide bonds. The molecule has 4 heteroatoms. The molecule has 0 fully saturated rings. The maximum absolute atomic E-state index is 2.97. The van der Waals surface area contributed by atoms with E-state index < -0.39 is 8.07 Å². The standard InChI is InChI=1S/C54H36N2SSi/c1-4-17-37(18-5-1)55-47-26-13-10-23-42(47)45-35-38(31-33-49(45)55)56-48-27-14-11-25-44(48)54-50(56)28-16-30-53(54)58(39-19-6-2-7-20-39,40-21-8-3-9-22-40)41-32-34-52-46(36-41)43-24-12-15-29-51(43)57-52/h1-36H. The van der Waals surface area contributed by atoms with Crippen molar-refractivity contribution in [1.29, 1.82) is 0 Å². The monoisotopic (exact) mass is 772 g/mol. The number of fused-ring (bicyclic) bond motifs is 9. The van der Waals surface area contributed by atoms with Crippen molar-refractivity contribution in [3.8, 4) is 11.4 Å². The van der Waals surface area contributed by atoms with E-state index in [1.54, 1.807) is 0 Å². The number of hydrogen-bond donors (Lipinski definition) is 0. The lowest BCUT2D eigenvalue weighted by Gasteiger charge is -2.35. The quantitative estimate of drug-likeness (QED) is 0.118. The fourth-order valence-corrected chi connectivity index (χ4v) is 15.9. The van der Waals surface area contributed by atoms with E-state index in [4.69, 9.17) is 0 Å². The predicted molar refractivity (Wildman–Crippen MR) is 252 cm³/mol. The third kappa shape index (κ3) is 4.76. The summed E-state index contributed by atoms with van der Waals surface area (Å²) in [5.41, 5.74) is 7.16. The van der Waals surface area contributed by atoms with Gasteiger partial charge in [-0.25, -0.2) is 0 Å². The number of thiophene rings is 1. The summed E-state index contributed by atoms with van der Waals surface area (Å²) >= 11 is 1.89. The summed E-state index contributed by atoms with van der Waals surface area (Å²) in [6.07, 6.45) is 0. The molecule has 0 atom stereocenters. The molecule has 0 bridgehead atoms. The van der Waals surface area contributed by atoms with E-state index in [-0.39, 0.29) is 0 Å². The molecular weight excluding hydrogens is 737 g/mol. The van der Waals surface area contributed by atoms with E-state index in [0.29, 0.717) is 0 Å². The molecule has 3 aromatic heterocycles. The Balaban J connectivity index is 1.19. The van der Waals surface area contributed by atoms with Crippen molar-refractivity contribution in [2.75, 3.05) is 0 Å². The van der Waals surface area contributed by atoms with Crippen LogP contribution in [-0.4, -0.2) is 17.2 Å². The summed E-state index contributed by atoms with van der Waals surface area (Å²) in [7, 11) is -2.97. The molecule has 58 heavy (non-hydrogen) atoms. The highest BCUT2D eigenvalue weighted by molar-refractivity contribution is 7.26. The molecule has 0 unspecified atom stereocenters. The molecule has 0 saturated heterocycles. The number of para-hydroxylation sites is 3. The van der Waals surface area contributed by atoms with Crippen molar-refractivity contribution >= 4 is 104 Å². The van der Waals surface area contributed by atoms with Gasteiger partial charge in [0.15, 0.2) is 8.07 Å². The molecule has 0 N–H and O–H groups in total. The summed E-state index contributed by atoms with van der Waals surface area (Å²) in [5, 5.41) is 13.3. The summed E-state index contributed by atoms with van der Waals surface area (Å²) < 4.78 is 7.56. The fourth-order valence-electron chi connectivity index (χ4n) is 9.87. The van der Waals surface area contributed by atoms with Crippen LogP contribution in [0.1, 0.15) is 0 Å². The molecule has 9 aromatic carbocycles. The number of hydrogen-bond acceptors (Lipinski definition) is 1. The third-order valence-corrected chi connectivity index (χ3v) is 18.2. The van der Waals surface area contributed by atoms with Gasteiger partial charge in [-0.2, -0.15) is 0 Å². The summed E-state index contributed by atoms with van der Waals surface area (Å²) in [5.74, 6) is 0. The molecule has 2 nitrogen and oxygen atoms in total. The molecule has 3 heterocycles. The molecule has 0 saturated carbocycles. The van der Waals surface area contributed by atoms with Crippen LogP contribution in [0.2, 0.25) is 0 Å².